The van der Waals surface area contributed by atoms with Gasteiger partial charge in [-0.15, -0.1) is 10.2 Å². The largest absolute Gasteiger partial charge is 0.224 e. The van der Waals surface area contributed by atoms with E-state index < -0.39 is 0 Å². The van der Waals surface area contributed by atoms with E-state index >= 15 is 0 Å². The molecule has 0 N–H and O–H groups in total. The number of nitrogens with zero attached hydrogens (tertiary/aromatic N) is 3. The molecule has 0 unspecified atom stereocenters. The van der Waals surface area contributed by atoms with E-state index in [4.69, 9.17) is 0 Å². The first-order valence-corrected chi connectivity index (χ1v) is 6.73. The minimum absolute atomic E-state index is 0.707. The van der Waals surface area contributed by atoms with Crippen LogP contribution >= 0.6 is 27.7 Å². The van der Waals surface area contributed by atoms with Crippen LogP contribution in [-0.4, -0.2) is 21.4 Å². The predicted molar refractivity (Wildman–Crippen MR) is 69.5 cm³/mol. The van der Waals surface area contributed by atoms with E-state index in [0.717, 1.165) is 21.4 Å². The van der Waals surface area contributed by atoms with Gasteiger partial charge in [0.15, 0.2) is 0 Å². The van der Waals surface area contributed by atoms with Crippen LogP contribution in [0.4, 0.5) is 0 Å². The van der Waals surface area contributed by atoms with E-state index in [1.807, 2.05) is 37.4 Å². The maximum Gasteiger partial charge on any atom is 0.209 e. The van der Waals surface area contributed by atoms with Gasteiger partial charge in [0, 0.05) is 10.0 Å². The van der Waals surface area contributed by atoms with Gasteiger partial charge in [-0.3, -0.25) is 0 Å². The zero-order chi connectivity index (χ0) is 11.5. The van der Waals surface area contributed by atoms with E-state index in [2.05, 4.69) is 31.1 Å². The van der Waals surface area contributed by atoms with Crippen LogP contribution in [0.5, 0.6) is 0 Å². The Morgan fingerprint density at radius 2 is 1.81 bits per heavy atom. The van der Waals surface area contributed by atoms with Gasteiger partial charge in [0.05, 0.1) is 5.69 Å². The standard InChI is InChI=1S/C11H10BrN3S/c1-7-10(14-15-11(13-7)16-2)8-3-5-9(12)6-4-8/h3-6H,1-2H3. The van der Waals surface area contributed by atoms with Gasteiger partial charge in [-0.25, -0.2) is 4.98 Å². The molecule has 0 bridgehead atoms. The molecule has 0 aliphatic rings. The second-order valence-electron chi connectivity index (χ2n) is 3.24. The lowest BCUT2D eigenvalue weighted by Gasteiger charge is -2.04. The Hall–Kier alpha value is -0.940. The topological polar surface area (TPSA) is 38.7 Å². The smallest absolute Gasteiger partial charge is 0.209 e. The summed E-state index contributed by atoms with van der Waals surface area (Å²) in [5, 5.41) is 8.95. The molecule has 1 aromatic heterocycles. The molecule has 0 radical (unpaired) electrons. The molecule has 0 aliphatic carbocycles. The first-order chi connectivity index (χ1) is 7.70. The Balaban J connectivity index is 2.44. The second kappa shape index (κ2) is 4.93. The fraction of sp³-hybridized carbons (Fsp3) is 0.182. The van der Waals surface area contributed by atoms with Crippen molar-refractivity contribution in [2.45, 2.75) is 12.1 Å². The van der Waals surface area contributed by atoms with Crippen molar-refractivity contribution >= 4 is 27.7 Å². The van der Waals surface area contributed by atoms with Gasteiger partial charge >= 0.3 is 0 Å². The van der Waals surface area contributed by atoms with Crippen LogP contribution < -0.4 is 0 Å². The highest BCUT2D eigenvalue weighted by Crippen LogP contribution is 2.22. The number of hydrogen-bond donors (Lipinski definition) is 0. The highest BCUT2D eigenvalue weighted by atomic mass is 79.9. The van der Waals surface area contributed by atoms with Gasteiger partial charge in [0.2, 0.25) is 5.16 Å². The SMILES string of the molecule is CSc1nnc(-c2ccc(Br)cc2)c(C)n1. The van der Waals surface area contributed by atoms with Gasteiger partial charge in [0.1, 0.15) is 5.69 Å². The summed E-state index contributed by atoms with van der Waals surface area (Å²) in [5.41, 5.74) is 2.78. The van der Waals surface area contributed by atoms with Crippen molar-refractivity contribution in [1.29, 1.82) is 0 Å². The monoisotopic (exact) mass is 295 g/mol. The first kappa shape index (κ1) is 11.5. The molecule has 16 heavy (non-hydrogen) atoms. The van der Waals surface area contributed by atoms with Crippen molar-refractivity contribution in [3.63, 3.8) is 0 Å². The summed E-state index contributed by atoms with van der Waals surface area (Å²) >= 11 is 4.90. The minimum atomic E-state index is 0.707. The van der Waals surface area contributed by atoms with E-state index in [9.17, 15) is 0 Å². The molecule has 82 valence electrons. The third-order valence-corrected chi connectivity index (χ3v) is 3.21. The summed E-state index contributed by atoms with van der Waals surface area (Å²) in [7, 11) is 0. The van der Waals surface area contributed by atoms with Crippen molar-refractivity contribution < 1.29 is 0 Å². The lowest BCUT2D eigenvalue weighted by Crippen LogP contribution is -1.97. The van der Waals surface area contributed by atoms with Crippen molar-refractivity contribution in [2.24, 2.45) is 0 Å². The van der Waals surface area contributed by atoms with Crippen LogP contribution in [-0.2, 0) is 0 Å². The highest BCUT2D eigenvalue weighted by molar-refractivity contribution is 9.10. The molecule has 0 amide bonds. The molecule has 0 saturated carbocycles. The molecule has 0 saturated heterocycles. The fourth-order valence-corrected chi connectivity index (χ4v) is 1.96. The maximum absolute atomic E-state index is 4.37. The number of hydrogen-bond acceptors (Lipinski definition) is 4. The van der Waals surface area contributed by atoms with Crippen molar-refractivity contribution in [2.75, 3.05) is 6.26 Å². The normalized spacial score (nSPS) is 10.4. The molecule has 3 nitrogen and oxygen atoms in total. The van der Waals surface area contributed by atoms with Gasteiger partial charge in [0.25, 0.3) is 0 Å². The van der Waals surface area contributed by atoms with Crippen LogP contribution in [0.1, 0.15) is 5.69 Å². The number of aromatic nitrogens is 3. The number of thioether (sulfide) groups is 1. The van der Waals surface area contributed by atoms with Crippen LogP contribution in [0.25, 0.3) is 11.3 Å². The highest BCUT2D eigenvalue weighted by Gasteiger charge is 2.06. The van der Waals surface area contributed by atoms with E-state index in [1.54, 1.807) is 0 Å². The Morgan fingerprint density at radius 3 is 2.38 bits per heavy atom. The van der Waals surface area contributed by atoms with Crippen LogP contribution in [0, 0.1) is 6.92 Å². The number of benzene rings is 1. The average molecular weight is 296 g/mol. The third-order valence-electron chi connectivity index (χ3n) is 2.14. The molecule has 1 heterocycles. The number of halogens is 1. The first-order valence-electron chi connectivity index (χ1n) is 4.72. The molecule has 0 atom stereocenters. The Morgan fingerprint density at radius 1 is 1.12 bits per heavy atom. The second-order valence-corrected chi connectivity index (χ2v) is 4.93. The molecule has 0 spiro atoms. The van der Waals surface area contributed by atoms with E-state index in [0.29, 0.717) is 5.16 Å². The van der Waals surface area contributed by atoms with Crippen LogP contribution in [0.15, 0.2) is 33.9 Å². The van der Waals surface area contributed by atoms with E-state index in [-0.39, 0.29) is 0 Å². The molecular weight excluding hydrogens is 286 g/mol. The third kappa shape index (κ3) is 2.41. The molecule has 2 rings (SSSR count). The zero-order valence-corrected chi connectivity index (χ0v) is 11.3. The summed E-state index contributed by atoms with van der Waals surface area (Å²) in [6, 6.07) is 7.97. The van der Waals surface area contributed by atoms with Gasteiger partial charge in [-0.05, 0) is 25.3 Å². The quantitative estimate of drug-likeness (QED) is 0.797. The lowest BCUT2D eigenvalue weighted by molar-refractivity contribution is 0.824. The van der Waals surface area contributed by atoms with Crippen molar-refractivity contribution in [3.8, 4) is 11.3 Å². The summed E-state index contributed by atoms with van der Waals surface area (Å²) in [6.45, 7) is 1.95. The summed E-state index contributed by atoms with van der Waals surface area (Å²) in [6.07, 6.45) is 1.94. The molecule has 0 fully saturated rings. The van der Waals surface area contributed by atoms with Crippen molar-refractivity contribution in [1.82, 2.24) is 15.2 Å². The Bertz CT molecular complexity index is 499. The fourth-order valence-electron chi connectivity index (χ4n) is 1.34. The summed E-state index contributed by atoms with van der Waals surface area (Å²) in [5.74, 6) is 0. The van der Waals surface area contributed by atoms with Gasteiger partial charge in [-0.2, -0.15) is 0 Å². The van der Waals surface area contributed by atoms with Gasteiger partial charge < -0.3 is 0 Å². The average Bonchev–Trinajstić information content (AvgIpc) is 2.30. The molecule has 1 aromatic carbocycles. The molecule has 0 aliphatic heterocycles. The van der Waals surface area contributed by atoms with E-state index in [1.165, 1.54) is 11.8 Å². The van der Waals surface area contributed by atoms with Crippen molar-refractivity contribution in [3.05, 3.63) is 34.4 Å². The van der Waals surface area contributed by atoms with Crippen LogP contribution in [0.2, 0.25) is 0 Å². The summed E-state index contributed by atoms with van der Waals surface area (Å²) in [4.78, 5) is 4.37. The number of rotatable bonds is 2. The Kier molecular flexibility index (Phi) is 3.56. The summed E-state index contributed by atoms with van der Waals surface area (Å²) < 4.78 is 1.05. The zero-order valence-electron chi connectivity index (χ0n) is 8.94. The minimum Gasteiger partial charge on any atom is -0.224 e. The number of aryl methyl sites for hydroxylation is 1. The Labute approximate surface area is 107 Å². The van der Waals surface area contributed by atoms with Crippen LogP contribution in [0.3, 0.4) is 0 Å². The maximum atomic E-state index is 4.37. The predicted octanol–water partition coefficient (Wildman–Crippen LogP) is 3.33. The molecule has 5 heteroatoms. The molecule has 2 aromatic rings. The molecular formula is C11H10BrN3S. The lowest BCUT2D eigenvalue weighted by atomic mass is 10.1. The van der Waals surface area contributed by atoms with Gasteiger partial charge in [-0.1, -0.05) is 39.8 Å².